The molecule has 0 heteroatoms. The van der Waals surface area contributed by atoms with Gasteiger partial charge in [0.25, 0.3) is 0 Å². The number of fused-ring (bicyclic) bond motifs is 7. The van der Waals surface area contributed by atoms with Crippen molar-refractivity contribution in [2.24, 2.45) is 0 Å². The zero-order chi connectivity index (χ0) is 14.0. The highest BCUT2D eigenvalue weighted by molar-refractivity contribution is 5.90. The molecular weight excluding hydrogens is 252 g/mol. The monoisotopic (exact) mass is 268 g/mol. The molecule has 100 valence electrons. The van der Waals surface area contributed by atoms with Crippen LogP contribution in [0.15, 0.2) is 54.6 Å². The Morgan fingerprint density at radius 2 is 1.43 bits per heavy atom. The first-order valence-corrected chi connectivity index (χ1v) is 7.65. The number of hydrogen-bond donors (Lipinski definition) is 0. The summed E-state index contributed by atoms with van der Waals surface area (Å²) in [4.78, 5) is 0. The summed E-state index contributed by atoms with van der Waals surface area (Å²) in [7, 11) is 0. The van der Waals surface area contributed by atoms with Gasteiger partial charge in [-0.1, -0.05) is 54.6 Å². The van der Waals surface area contributed by atoms with Gasteiger partial charge in [0, 0.05) is 0 Å². The van der Waals surface area contributed by atoms with Crippen LogP contribution < -0.4 is 0 Å². The molecule has 0 radical (unpaired) electrons. The Bertz CT molecular complexity index is 900. The zero-order valence-corrected chi connectivity index (χ0v) is 12.1. The highest BCUT2D eigenvalue weighted by Crippen LogP contribution is 2.48. The molecule has 3 aromatic rings. The van der Waals surface area contributed by atoms with Crippen LogP contribution >= 0.6 is 0 Å². The normalized spacial score (nSPS) is 13.6. The summed E-state index contributed by atoms with van der Waals surface area (Å²) >= 11 is 0. The zero-order valence-electron chi connectivity index (χ0n) is 12.1. The molecule has 0 saturated carbocycles. The largest absolute Gasteiger partial charge is 0.0619 e. The van der Waals surface area contributed by atoms with Crippen LogP contribution in [0.25, 0.3) is 22.3 Å². The summed E-state index contributed by atoms with van der Waals surface area (Å²) in [5.74, 6) is 0. The second kappa shape index (κ2) is 3.85. The Hall–Kier alpha value is -2.34. The van der Waals surface area contributed by atoms with Gasteiger partial charge in [-0.05, 0) is 69.8 Å². The van der Waals surface area contributed by atoms with Gasteiger partial charge in [0.2, 0.25) is 0 Å². The van der Waals surface area contributed by atoms with Crippen molar-refractivity contribution in [3.8, 4) is 22.3 Å². The van der Waals surface area contributed by atoms with Crippen molar-refractivity contribution >= 4 is 0 Å². The first kappa shape index (κ1) is 11.3. The summed E-state index contributed by atoms with van der Waals surface area (Å²) in [6.45, 7) is 2.23. The van der Waals surface area contributed by atoms with Crippen molar-refractivity contribution in [1.29, 1.82) is 0 Å². The van der Waals surface area contributed by atoms with Crippen molar-refractivity contribution in [2.45, 2.75) is 19.8 Å². The fraction of sp³-hybridized carbons (Fsp3) is 0.143. The van der Waals surface area contributed by atoms with E-state index in [2.05, 4.69) is 61.5 Å². The molecule has 0 nitrogen and oxygen atoms in total. The lowest BCUT2D eigenvalue weighted by Crippen LogP contribution is -1.88. The highest BCUT2D eigenvalue weighted by Gasteiger charge is 2.28. The van der Waals surface area contributed by atoms with Gasteiger partial charge in [0.1, 0.15) is 0 Å². The molecule has 0 atom stereocenters. The SMILES string of the molecule is Cc1cccc2c1-c1ccc3c(c1C2)-c1ccccc1C3. The predicted octanol–water partition coefficient (Wildman–Crippen LogP) is 5.14. The van der Waals surface area contributed by atoms with Gasteiger partial charge in [-0.15, -0.1) is 0 Å². The van der Waals surface area contributed by atoms with E-state index in [0.717, 1.165) is 12.8 Å². The minimum Gasteiger partial charge on any atom is -0.0619 e. The van der Waals surface area contributed by atoms with Crippen LogP contribution in [0.2, 0.25) is 0 Å². The van der Waals surface area contributed by atoms with Crippen molar-refractivity contribution in [3.05, 3.63) is 82.4 Å². The van der Waals surface area contributed by atoms with Crippen LogP contribution in [-0.2, 0) is 12.8 Å². The van der Waals surface area contributed by atoms with Gasteiger partial charge in [-0.25, -0.2) is 0 Å². The molecule has 0 heterocycles. The second-order valence-electron chi connectivity index (χ2n) is 6.25. The average molecular weight is 268 g/mol. The maximum atomic E-state index is 2.35. The van der Waals surface area contributed by atoms with Crippen molar-refractivity contribution in [3.63, 3.8) is 0 Å². The molecule has 0 saturated heterocycles. The predicted molar refractivity (Wildman–Crippen MR) is 87.7 cm³/mol. The van der Waals surface area contributed by atoms with E-state index in [1.54, 1.807) is 5.56 Å². The summed E-state index contributed by atoms with van der Waals surface area (Å²) < 4.78 is 0. The first-order valence-electron chi connectivity index (χ1n) is 7.65. The van der Waals surface area contributed by atoms with Crippen LogP contribution in [0, 0.1) is 6.92 Å². The smallest absolute Gasteiger partial charge is 0.000708 e. The quantitative estimate of drug-likeness (QED) is 0.365. The second-order valence-corrected chi connectivity index (χ2v) is 6.25. The highest BCUT2D eigenvalue weighted by atomic mass is 14.3. The summed E-state index contributed by atoms with van der Waals surface area (Å²) in [6, 6.07) is 20.3. The van der Waals surface area contributed by atoms with E-state index in [0.29, 0.717) is 0 Å². The van der Waals surface area contributed by atoms with E-state index >= 15 is 0 Å². The van der Waals surface area contributed by atoms with Gasteiger partial charge >= 0.3 is 0 Å². The Kier molecular flexibility index (Phi) is 2.08. The maximum Gasteiger partial charge on any atom is -0.000708 e. The Morgan fingerprint density at radius 3 is 2.38 bits per heavy atom. The standard InChI is InChI=1S/C21H16/c1-13-5-4-7-15-12-19-18(20(13)15)10-9-16-11-14-6-2-3-8-17(14)21(16)19/h2-10H,11-12H2,1H3. The third-order valence-electron chi connectivity index (χ3n) is 5.06. The Labute approximate surface area is 125 Å². The van der Waals surface area contributed by atoms with E-state index in [9.17, 15) is 0 Å². The van der Waals surface area contributed by atoms with Crippen LogP contribution in [0.4, 0.5) is 0 Å². The number of benzene rings is 3. The van der Waals surface area contributed by atoms with Crippen molar-refractivity contribution in [1.82, 2.24) is 0 Å². The van der Waals surface area contributed by atoms with Crippen molar-refractivity contribution in [2.75, 3.05) is 0 Å². The fourth-order valence-corrected chi connectivity index (χ4v) is 4.17. The van der Waals surface area contributed by atoms with E-state index in [4.69, 9.17) is 0 Å². The van der Waals surface area contributed by atoms with E-state index in [1.807, 2.05) is 0 Å². The minimum absolute atomic E-state index is 1.09. The molecule has 0 aromatic heterocycles. The molecule has 2 aliphatic carbocycles. The molecule has 21 heavy (non-hydrogen) atoms. The number of rotatable bonds is 0. The van der Waals surface area contributed by atoms with Crippen LogP contribution in [0.3, 0.4) is 0 Å². The maximum absolute atomic E-state index is 2.35. The minimum atomic E-state index is 1.09. The van der Waals surface area contributed by atoms with Gasteiger partial charge in [0.15, 0.2) is 0 Å². The van der Waals surface area contributed by atoms with Gasteiger partial charge in [-0.2, -0.15) is 0 Å². The fourth-order valence-electron chi connectivity index (χ4n) is 4.17. The van der Waals surface area contributed by atoms with Gasteiger partial charge in [0.05, 0.1) is 0 Å². The number of hydrogen-bond acceptors (Lipinski definition) is 0. The lowest BCUT2D eigenvalue weighted by atomic mass is 9.94. The Morgan fingerprint density at radius 1 is 0.619 bits per heavy atom. The molecule has 0 unspecified atom stereocenters. The molecule has 0 fully saturated rings. The third-order valence-corrected chi connectivity index (χ3v) is 5.06. The average Bonchev–Trinajstić information content (AvgIpc) is 3.05. The number of aryl methyl sites for hydroxylation is 1. The molecular formula is C21H16. The summed E-state index contributed by atoms with van der Waals surface area (Å²) in [5.41, 5.74) is 13.3. The molecule has 0 N–H and O–H groups in total. The van der Waals surface area contributed by atoms with Crippen LogP contribution in [-0.4, -0.2) is 0 Å². The van der Waals surface area contributed by atoms with E-state index in [1.165, 1.54) is 44.5 Å². The first-order chi connectivity index (χ1) is 10.3. The van der Waals surface area contributed by atoms with E-state index in [-0.39, 0.29) is 0 Å². The lowest BCUT2D eigenvalue weighted by molar-refractivity contribution is 1.23. The molecule has 5 rings (SSSR count). The van der Waals surface area contributed by atoms with E-state index < -0.39 is 0 Å². The summed E-state index contributed by atoms with van der Waals surface area (Å²) in [5, 5.41) is 0. The third kappa shape index (κ3) is 1.40. The topological polar surface area (TPSA) is 0 Å². The van der Waals surface area contributed by atoms with Crippen LogP contribution in [0.1, 0.15) is 27.8 Å². The molecule has 0 aliphatic heterocycles. The van der Waals surface area contributed by atoms with Gasteiger partial charge in [-0.3, -0.25) is 0 Å². The Balaban J connectivity index is 1.84. The molecule has 0 spiro atoms. The summed E-state index contributed by atoms with van der Waals surface area (Å²) in [6.07, 6.45) is 2.18. The van der Waals surface area contributed by atoms with Crippen LogP contribution in [0.5, 0.6) is 0 Å². The molecule has 2 aliphatic rings. The van der Waals surface area contributed by atoms with Gasteiger partial charge < -0.3 is 0 Å². The molecule has 0 amide bonds. The molecule has 0 bridgehead atoms. The lowest BCUT2D eigenvalue weighted by Gasteiger charge is -2.09. The molecule has 3 aromatic carbocycles. The van der Waals surface area contributed by atoms with Crippen molar-refractivity contribution < 1.29 is 0 Å².